The standard InChI is InChI=1S/C14H20N2O/c1-4-9-15-13(17)12-10-7-5-6-8-11(10)16-14(12,2)3/h5-8,12,16H,4,9H2,1-3H3,(H,15,17). The number of carbonyl (C=O) groups excluding carboxylic acids is 1. The van der Waals surface area contributed by atoms with Crippen molar-refractivity contribution in [2.75, 3.05) is 11.9 Å². The summed E-state index contributed by atoms with van der Waals surface area (Å²) >= 11 is 0. The van der Waals surface area contributed by atoms with Gasteiger partial charge in [-0.1, -0.05) is 25.1 Å². The molecule has 0 bridgehead atoms. The summed E-state index contributed by atoms with van der Waals surface area (Å²) < 4.78 is 0. The molecule has 0 aliphatic carbocycles. The molecule has 0 saturated carbocycles. The fourth-order valence-electron chi connectivity index (χ4n) is 2.49. The molecule has 1 unspecified atom stereocenters. The number of carbonyl (C=O) groups is 1. The molecule has 1 aliphatic rings. The SMILES string of the molecule is CCCNC(=O)C1c2ccccc2NC1(C)C. The second-order valence-electron chi connectivity index (χ2n) is 5.16. The number of hydrogen-bond acceptors (Lipinski definition) is 2. The molecule has 17 heavy (non-hydrogen) atoms. The van der Waals surface area contributed by atoms with Crippen molar-refractivity contribution >= 4 is 11.6 Å². The number of nitrogens with one attached hydrogen (secondary N) is 2. The van der Waals surface area contributed by atoms with E-state index in [0.717, 1.165) is 24.2 Å². The van der Waals surface area contributed by atoms with E-state index >= 15 is 0 Å². The van der Waals surface area contributed by atoms with Gasteiger partial charge in [0, 0.05) is 17.8 Å². The van der Waals surface area contributed by atoms with Crippen molar-refractivity contribution in [2.45, 2.75) is 38.6 Å². The van der Waals surface area contributed by atoms with Crippen LogP contribution in [-0.2, 0) is 4.79 Å². The number of benzene rings is 1. The second-order valence-corrected chi connectivity index (χ2v) is 5.16. The maximum Gasteiger partial charge on any atom is 0.229 e. The fourth-order valence-corrected chi connectivity index (χ4v) is 2.49. The summed E-state index contributed by atoms with van der Waals surface area (Å²) in [6, 6.07) is 8.05. The smallest absolute Gasteiger partial charge is 0.229 e. The van der Waals surface area contributed by atoms with Crippen LogP contribution in [0.3, 0.4) is 0 Å². The summed E-state index contributed by atoms with van der Waals surface area (Å²) in [4.78, 5) is 12.2. The summed E-state index contributed by atoms with van der Waals surface area (Å²) in [5, 5.41) is 6.41. The van der Waals surface area contributed by atoms with Gasteiger partial charge in [0.1, 0.15) is 0 Å². The first-order valence-electron chi connectivity index (χ1n) is 6.21. The van der Waals surface area contributed by atoms with Gasteiger partial charge in [-0.2, -0.15) is 0 Å². The van der Waals surface area contributed by atoms with E-state index in [4.69, 9.17) is 0 Å². The lowest BCUT2D eigenvalue weighted by atomic mass is 9.85. The molecule has 0 spiro atoms. The normalized spacial score (nSPS) is 20.5. The Labute approximate surface area is 103 Å². The Morgan fingerprint density at radius 3 is 2.82 bits per heavy atom. The van der Waals surface area contributed by atoms with Crippen LogP contribution >= 0.6 is 0 Å². The third-order valence-electron chi connectivity index (χ3n) is 3.26. The predicted octanol–water partition coefficient (Wildman–Crippen LogP) is 2.50. The van der Waals surface area contributed by atoms with Crippen LogP contribution < -0.4 is 10.6 Å². The summed E-state index contributed by atoms with van der Waals surface area (Å²) in [5.74, 6) is 0.0135. The van der Waals surface area contributed by atoms with Gasteiger partial charge in [0.05, 0.1) is 5.92 Å². The number of hydrogen-bond donors (Lipinski definition) is 2. The highest BCUT2D eigenvalue weighted by atomic mass is 16.2. The molecule has 0 radical (unpaired) electrons. The van der Waals surface area contributed by atoms with Crippen LogP contribution in [0.1, 0.15) is 38.7 Å². The molecule has 1 atom stereocenters. The Morgan fingerprint density at radius 1 is 1.41 bits per heavy atom. The van der Waals surface area contributed by atoms with E-state index in [1.54, 1.807) is 0 Å². The third kappa shape index (κ3) is 2.14. The zero-order chi connectivity index (χ0) is 12.5. The molecule has 3 nitrogen and oxygen atoms in total. The molecule has 1 amide bonds. The largest absolute Gasteiger partial charge is 0.379 e. The van der Waals surface area contributed by atoms with Crippen LogP contribution in [0.15, 0.2) is 24.3 Å². The molecular formula is C14H20N2O. The van der Waals surface area contributed by atoms with Crippen molar-refractivity contribution in [3.63, 3.8) is 0 Å². The van der Waals surface area contributed by atoms with Gasteiger partial charge in [-0.3, -0.25) is 4.79 Å². The summed E-state index contributed by atoms with van der Waals surface area (Å²) in [6.45, 7) is 6.95. The Kier molecular flexibility index (Phi) is 3.09. The predicted molar refractivity (Wildman–Crippen MR) is 70.2 cm³/mol. The fraction of sp³-hybridized carbons (Fsp3) is 0.500. The average Bonchev–Trinajstić information content (AvgIpc) is 2.55. The minimum absolute atomic E-state index is 0.106. The highest BCUT2D eigenvalue weighted by Gasteiger charge is 2.42. The van der Waals surface area contributed by atoms with Gasteiger partial charge in [0.15, 0.2) is 0 Å². The first kappa shape index (κ1) is 12.0. The molecule has 1 aromatic rings. The molecular weight excluding hydrogens is 212 g/mol. The molecule has 1 heterocycles. The van der Waals surface area contributed by atoms with E-state index in [2.05, 4.69) is 31.4 Å². The van der Waals surface area contributed by atoms with E-state index in [1.165, 1.54) is 0 Å². The molecule has 0 fully saturated rings. The lowest BCUT2D eigenvalue weighted by molar-refractivity contribution is -0.123. The van der Waals surface area contributed by atoms with Crippen LogP contribution in [0.2, 0.25) is 0 Å². The molecule has 1 aromatic carbocycles. The first-order valence-corrected chi connectivity index (χ1v) is 6.21. The van der Waals surface area contributed by atoms with Crippen molar-refractivity contribution in [3.05, 3.63) is 29.8 Å². The van der Waals surface area contributed by atoms with Crippen molar-refractivity contribution in [1.82, 2.24) is 5.32 Å². The lowest BCUT2D eigenvalue weighted by Crippen LogP contribution is -2.42. The zero-order valence-corrected chi connectivity index (χ0v) is 10.7. The number of para-hydroxylation sites is 1. The molecule has 2 N–H and O–H groups in total. The quantitative estimate of drug-likeness (QED) is 0.840. The average molecular weight is 232 g/mol. The van der Waals surface area contributed by atoms with Crippen LogP contribution in [0.4, 0.5) is 5.69 Å². The topological polar surface area (TPSA) is 41.1 Å². The number of amides is 1. The molecule has 0 saturated heterocycles. The van der Waals surface area contributed by atoms with Crippen LogP contribution in [0, 0.1) is 0 Å². The zero-order valence-electron chi connectivity index (χ0n) is 10.7. The van der Waals surface area contributed by atoms with Gasteiger partial charge in [-0.15, -0.1) is 0 Å². The highest BCUT2D eigenvalue weighted by molar-refractivity contribution is 5.90. The van der Waals surface area contributed by atoms with Gasteiger partial charge in [-0.05, 0) is 31.9 Å². The van der Waals surface area contributed by atoms with Gasteiger partial charge < -0.3 is 10.6 Å². The minimum Gasteiger partial charge on any atom is -0.379 e. The third-order valence-corrected chi connectivity index (χ3v) is 3.26. The highest BCUT2D eigenvalue weighted by Crippen LogP contribution is 2.42. The maximum absolute atomic E-state index is 12.2. The Balaban J connectivity index is 2.28. The molecule has 0 aromatic heterocycles. The van der Waals surface area contributed by atoms with E-state index in [1.807, 2.05) is 24.3 Å². The van der Waals surface area contributed by atoms with Gasteiger partial charge in [0.25, 0.3) is 0 Å². The van der Waals surface area contributed by atoms with Crippen LogP contribution in [-0.4, -0.2) is 18.0 Å². The summed E-state index contributed by atoms with van der Waals surface area (Å²) in [5.41, 5.74) is 1.96. The molecule has 3 heteroatoms. The van der Waals surface area contributed by atoms with E-state index in [9.17, 15) is 4.79 Å². The second kappa shape index (κ2) is 4.40. The lowest BCUT2D eigenvalue weighted by Gasteiger charge is -2.27. The molecule has 92 valence electrons. The monoisotopic (exact) mass is 232 g/mol. The summed E-state index contributed by atoms with van der Waals surface area (Å²) in [7, 11) is 0. The molecule has 1 aliphatic heterocycles. The minimum atomic E-state index is -0.221. The first-order chi connectivity index (χ1) is 8.06. The Bertz CT molecular complexity index is 426. The number of rotatable bonds is 3. The van der Waals surface area contributed by atoms with Crippen molar-refractivity contribution in [1.29, 1.82) is 0 Å². The number of fused-ring (bicyclic) bond motifs is 1. The van der Waals surface area contributed by atoms with Gasteiger partial charge in [-0.25, -0.2) is 0 Å². The number of anilines is 1. The van der Waals surface area contributed by atoms with Crippen molar-refractivity contribution < 1.29 is 4.79 Å². The van der Waals surface area contributed by atoms with Gasteiger partial charge >= 0.3 is 0 Å². The van der Waals surface area contributed by atoms with Gasteiger partial charge in [0.2, 0.25) is 5.91 Å². The van der Waals surface area contributed by atoms with E-state index in [0.29, 0.717) is 0 Å². The van der Waals surface area contributed by atoms with E-state index in [-0.39, 0.29) is 17.4 Å². The van der Waals surface area contributed by atoms with E-state index < -0.39 is 0 Å². The van der Waals surface area contributed by atoms with Crippen molar-refractivity contribution in [2.24, 2.45) is 0 Å². The maximum atomic E-state index is 12.2. The summed E-state index contributed by atoms with van der Waals surface area (Å²) in [6.07, 6.45) is 0.966. The van der Waals surface area contributed by atoms with Crippen LogP contribution in [0.25, 0.3) is 0 Å². The van der Waals surface area contributed by atoms with Crippen LogP contribution in [0.5, 0.6) is 0 Å². The molecule has 2 rings (SSSR count). The Hall–Kier alpha value is -1.51. The van der Waals surface area contributed by atoms with Crippen molar-refractivity contribution in [3.8, 4) is 0 Å². The Morgan fingerprint density at radius 2 is 2.12 bits per heavy atom.